The Hall–Kier alpha value is -0.520. The molecule has 1 aliphatic heterocycles. The summed E-state index contributed by atoms with van der Waals surface area (Å²) < 4.78 is 0. The number of thioether (sulfide) groups is 1. The summed E-state index contributed by atoms with van der Waals surface area (Å²) in [7, 11) is 1.87. The van der Waals surface area contributed by atoms with Gasteiger partial charge in [-0.25, -0.2) is 0 Å². The second kappa shape index (κ2) is 5.01. The van der Waals surface area contributed by atoms with Gasteiger partial charge in [-0.15, -0.1) is 23.1 Å². The third-order valence-corrected chi connectivity index (χ3v) is 4.16. The number of rotatable bonds is 3. The molecule has 1 unspecified atom stereocenters. The van der Waals surface area contributed by atoms with Crippen molar-refractivity contribution in [2.75, 3.05) is 18.7 Å². The second-order valence-electron chi connectivity index (χ2n) is 3.55. The first-order valence-corrected chi connectivity index (χ1v) is 6.89. The van der Waals surface area contributed by atoms with Crippen LogP contribution < -0.4 is 5.32 Å². The van der Waals surface area contributed by atoms with Crippen LogP contribution in [0.2, 0.25) is 0 Å². The van der Waals surface area contributed by atoms with Crippen molar-refractivity contribution in [3.05, 3.63) is 22.4 Å². The lowest BCUT2D eigenvalue weighted by Gasteiger charge is -2.19. The van der Waals surface area contributed by atoms with Crippen LogP contribution in [0.15, 0.2) is 17.5 Å². The quantitative estimate of drug-likeness (QED) is 0.869. The number of likely N-dealkylation sites (N-methyl/N-ethyl adjacent to an activating group) is 1. The summed E-state index contributed by atoms with van der Waals surface area (Å²) in [4.78, 5) is 15.0. The molecule has 2 heterocycles. The van der Waals surface area contributed by atoms with Gasteiger partial charge in [0, 0.05) is 23.6 Å². The first kappa shape index (κ1) is 11.0. The second-order valence-corrected chi connectivity index (χ2v) is 5.61. The van der Waals surface area contributed by atoms with Crippen LogP contribution in [0.4, 0.5) is 0 Å². The van der Waals surface area contributed by atoms with Crippen LogP contribution in [0.5, 0.6) is 0 Å². The molecule has 1 atom stereocenters. The van der Waals surface area contributed by atoms with E-state index in [0.717, 1.165) is 18.2 Å². The molecule has 82 valence electrons. The van der Waals surface area contributed by atoms with Crippen molar-refractivity contribution < 1.29 is 4.79 Å². The molecule has 1 aliphatic rings. The van der Waals surface area contributed by atoms with Crippen LogP contribution in [-0.4, -0.2) is 35.5 Å². The topological polar surface area (TPSA) is 32.3 Å². The summed E-state index contributed by atoms with van der Waals surface area (Å²) in [5.74, 6) is 1.99. The lowest BCUT2D eigenvalue weighted by atomic mass is 10.3. The molecule has 0 radical (unpaired) electrons. The molecule has 1 aromatic rings. The molecule has 1 fully saturated rings. The highest BCUT2D eigenvalue weighted by atomic mass is 32.2. The van der Waals surface area contributed by atoms with Crippen LogP contribution in [0.25, 0.3) is 0 Å². The standard InChI is InChI=1S/C10H14N2OS2/c1-12(5-8-3-2-4-15-8)10(13)9-6-14-7-11-9/h2-4,9,11H,5-7H2,1H3. The van der Waals surface area contributed by atoms with Crippen molar-refractivity contribution in [2.45, 2.75) is 12.6 Å². The number of hydrogen-bond donors (Lipinski definition) is 1. The maximum atomic E-state index is 11.9. The zero-order valence-electron chi connectivity index (χ0n) is 8.60. The van der Waals surface area contributed by atoms with Crippen molar-refractivity contribution in [3.63, 3.8) is 0 Å². The number of nitrogens with zero attached hydrogens (tertiary/aromatic N) is 1. The Bertz CT molecular complexity index is 320. The van der Waals surface area contributed by atoms with Crippen molar-refractivity contribution >= 4 is 29.0 Å². The summed E-state index contributed by atoms with van der Waals surface area (Å²) in [6.45, 7) is 0.722. The number of carbonyl (C=O) groups excluding carboxylic acids is 1. The fourth-order valence-corrected chi connectivity index (χ4v) is 3.22. The highest BCUT2D eigenvalue weighted by Gasteiger charge is 2.25. The molecule has 0 bridgehead atoms. The van der Waals surface area contributed by atoms with E-state index in [1.807, 2.05) is 18.5 Å². The van der Waals surface area contributed by atoms with Crippen LogP contribution in [0.3, 0.4) is 0 Å². The number of amides is 1. The van der Waals surface area contributed by atoms with Gasteiger partial charge in [-0.1, -0.05) is 6.07 Å². The molecule has 3 nitrogen and oxygen atoms in total. The van der Waals surface area contributed by atoms with E-state index in [-0.39, 0.29) is 11.9 Å². The number of hydrogen-bond acceptors (Lipinski definition) is 4. The third kappa shape index (κ3) is 2.74. The Morgan fingerprint density at radius 1 is 1.73 bits per heavy atom. The van der Waals surface area contributed by atoms with Gasteiger partial charge in [-0.05, 0) is 11.4 Å². The van der Waals surface area contributed by atoms with Crippen molar-refractivity contribution in [1.29, 1.82) is 0 Å². The predicted octanol–water partition coefficient (Wildman–Crippen LogP) is 1.37. The highest BCUT2D eigenvalue weighted by molar-refractivity contribution is 7.99. The Labute approximate surface area is 97.8 Å². The Morgan fingerprint density at radius 2 is 2.60 bits per heavy atom. The summed E-state index contributed by atoms with van der Waals surface area (Å²) in [5, 5.41) is 5.23. The van der Waals surface area contributed by atoms with Crippen LogP contribution in [0.1, 0.15) is 4.88 Å². The van der Waals surface area contributed by atoms with E-state index in [1.165, 1.54) is 4.88 Å². The van der Waals surface area contributed by atoms with E-state index >= 15 is 0 Å². The molecule has 1 aromatic heterocycles. The van der Waals surface area contributed by atoms with Crippen molar-refractivity contribution in [3.8, 4) is 0 Å². The average Bonchev–Trinajstić information content (AvgIpc) is 2.88. The first-order chi connectivity index (χ1) is 7.27. The minimum Gasteiger partial charge on any atom is -0.339 e. The lowest BCUT2D eigenvalue weighted by molar-refractivity contribution is -0.131. The van der Waals surface area contributed by atoms with Crippen LogP contribution >= 0.6 is 23.1 Å². The predicted molar refractivity (Wildman–Crippen MR) is 65.0 cm³/mol. The molecular weight excluding hydrogens is 228 g/mol. The van der Waals surface area contributed by atoms with Gasteiger partial charge in [0.2, 0.25) is 5.91 Å². The molecule has 0 aromatic carbocycles. The Balaban J connectivity index is 1.89. The fourth-order valence-electron chi connectivity index (χ4n) is 1.53. The van der Waals surface area contributed by atoms with Gasteiger partial charge in [-0.3, -0.25) is 10.1 Å². The summed E-state index contributed by atoms with van der Waals surface area (Å²) >= 11 is 3.47. The molecule has 0 spiro atoms. The van der Waals surface area contributed by atoms with Gasteiger partial charge in [0.05, 0.1) is 12.6 Å². The zero-order chi connectivity index (χ0) is 10.7. The number of nitrogens with one attached hydrogen (secondary N) is 1. The molecular formula is C10H14N2OS2. The number of carbonyl (C=O) groups is 1. The van der Waals surface area contributed by atoms with Gasteiger partial charge in [0.1, 0.15) is 0 Å². The smallest absolute Gasteiger partial charge is 0.240 e. The lowest BCUT2D eigenvalue weighted by Crippen LogP contribution is -2.42. The van der Waals surface area contributed by atoms with E-state index < -0.39 is 0 Å². The normalized spacial score (nSPS) is 20.5. The van der Waals surface area contributed by atoms with E-state index in [9.17, 15) is 4.79 Å². The fraction of sp³-hybridized carbons (Fsp3) is 0.500. The van der Waals surface area contributed by atoms with E-state index in [0.29, 0.717) is 0 Å². The zero-order valence-corrected chi connectivity index (χ0v) is 10.2. The Kier molecular flexibility index (Phi) is 3.66. The van der Waals surface area contributed by atoms with Crippen molar-refractivity contribution in [2.24, 2.45) is 0 Å². The minimum absolute atomic E-state index is 0.0139. The maximum Gasteiger partial charge on any atom is 0.240 e. The first-order valence-electron chi connectivity index (χ1n) is 4.86. The number of thiophene rings is 1. The van der Waals surface area contributed by atoms with Crippen LogP contribution in [0, 0.1) is 0 Å². The summed E-state index contributed by atoms with van der Waals surface area (Å²) in [6, 6.07) is 4.09. The van der Waals surface area contributed by atoms with Gasteiger partial charge >= 0.3 is 0 Å². The maximum absolute atomic E-state index is 11.9. The van der Waals surface area contributed by atoms with Gasteiger partial charge < -0.3 is 4.90 Å². The molecule has 0 aliphatic carbocycles. The van der Waals surface area contributed by atoms with E-state index in [1.54, 1.807) is 28.0 Å². The minimum atomic E-state index is 0.0139. The Morgan fingerprint density at radius 3 is 3.20 bits per heavy atom. The van der Waals surface area contributed by atoms with Crippen molar-refractivity contribution in [1.82, 2.24) is 10.2 Å². The molecule has 0 saturated carbocycles. The molecule has 5 heteroatoms. The summed E-state index contributed by atoms with van der Waals surface area (Å²) in [6.07, 6.45) is 0. The molecule has 1 saturated heterocycles. The van der Waals surface area contributed by atoms with Gasteiger partial charge in [0.25, 0.3) is 0 Å². The molecule has 1 N–H and O–H groups in total. The molecule has 2 rings (SSSR count). The highest BCUT2D eigenvalue weighted by Crippen LogP contribution is 2.15. The van der Waals surface area contributed by atoms with Gasteiger partial charge in [-0.2, -0.15) is 0 Å². The molecule has 15 heavy (non-hydrogen) atoms. The average molecular weight is 242 g/mol. The third-order valence-electron chi connectivity index (χ3n) is 2.36. The SMILES string of the molecule is CN(Cc1cccs1)C(=O)C1CSCN1. The summed E-state index contributed by atoms with van der Waals surface area (Å²) in [5.41, 5.74) is 0. The van der Waals surface area contributed by atoms with Gasteiger partial charge in [0.15, 0.2) is 0 Å². The monoisotopic (exact) mass is 242 g/mol. The van der Waals surface area contributed by atoms with E-state index in [4.69, 9.17) is 0 Å². The van der Waals surface area contributed by atoms with E-state index in [2.05, 4.69) is 11.4 Å². The van der Waals surface area contributed by atoms with Crippen LogP contribution in [-0.2, 0) is 11.3 Å². The largest absolute Gasteiger partial charge is 0.339 e. The molecule has 1 amide bonds.